The van der Waals surface area contributed by atoms with Crippen LogP contribution >= 0.6 is 0 Å². The van der Waals surface area contributed by atoms with Crippen LogP contribution < -0.4 is 9.47 Å². The average molecular weight is 475 g/mol. The number of rotatable bonds is 9. The molecule has 0 saturated heterocycles. The van der Waals surface area contributed by atoms with Gasteiger partial charge in [0.15, 0.2) is 0 Å². The highest BCUT2D eigenvalue weighted by atomic mass is 19.1. The van der Waals surface area contributed by atoms with Gasteiger partial charge in [-0.2, -0.15) is 0 Å². The molecular formula is C29H27FO5. The molecule has 0 aliphatic carbocycles. The van der Waals surface area contributed by atoms with Gasteiger partial charge in [-0.25, -0.2) is 14.0 Å². The summed E-state index contributed by atoms with van der Waals surface area (Å²) in [4.78, 5) is 23.6. The fraction of sp³-hybridized carbons (Fsp3) is 0.172. The van der Waals surface area contributed by atoms with Gasteiger partial charge >= 0.3 is 11.9 Å². The van der Waals surface area contributed by atoms with Crippen molar-refractivity contribution < 1.29 is 28.2 Å². The van der Waals surface area contributed by atoms with E-state index in [4.69, 9.17) is 14.2 Å². The molecule has 0 aliphatic rings. The fourth-order valence-corrected chi connectivity index (χ4v) is 3.20. The van der Waals surface area contributed by atoms with Crippen LogP contribution in [0.1, 0.15) is 26.3 Å². The molecule has 0 spiro atoms. The molecule has 0 aromatic heterocycles. The number of halogens is 1. The minimum Gasteiger partial charge on any atom is -0.423 e. The topological polar surface area (TPSA) is 61.8 Å². The molecule has 0 N–H and O–H groups in total. The van der Waals surface area contributed by atoms with Crippen LogP contribution in [0.3, 0.4) is 0 Å². The van der Waals surface area contributed by atoms with E-state index in [1.54, 1.807) is 62.4 Å². The number of ether oxygens (including phenoxy) is 3. The third-order valence-corrected chi connectivity index (χ3v) is 5.10. The normalized spacial score (nSPS) is 10.5. The smallest absolute Gasteiger partial charge is 0.338 e. The molecule has 3 aromatic rings. The lowest BCUT2D eigenvalue weighted by molar-refractivity contribution is -0.131. The second-order valence-corrected chi connectivity index (χ2v) is 8.02. The number of carbonyl (C=O) groups is 2. The van der Waals surface area contributed by atoms with Gasteiger partial charge in [0.1, 0.15) is 17.3 Å². The first-order valence-electron chi connectivity index (χ1n) is 11.1. The summed E-state index contributed by atoms with van der Waals surface area (Å²) >= 11 is 0. The van der Waals surface area contributed by atoms with Gasteiger partial charge in [0.2, 0.25) is 0 Å². The zero-order valence-corrected chi connectivity index (χ0v) is 20.0. The van der Waals surface area contributed by atoms with Gasteiger partial charge in [-0.1, -0.05) is 43.5 Å². The maximum absolute atomic E-state index is 15.2. The van der Waals surface area contributed by atoms with E-state index in [0.29, 0.717) is 45.9 Å². The monoisotopic (exact) mass is 474 g/mol. The second kappa shape index (κ2) is 11.4. The third-order valence-electron chi connectivity index (χ3n) is 5.10. The van der Waals surface area contributed by atoms with Gasteiger partial charge in [-0.15, -0.1) is 0 Å². The summed E-state index contributed by atoms with van der Waals surface area (Å²) in [6.07, 6.45) is 0. The SMILES string of the molecule is C=C(C)C(=O)Oc1ccc(-c2ccc(-c3ccc(OC(=O)C(=C)C)c(COCC)c3)c(F)c2)cc1. The predicted molar refractivity (Wildman–Crippen MR) is 133 cm³/mol. The standard InChI is InChI=1S/C29H27FO5/c1-6-33-17-23-15-22(10-14-27(23)35-29(32)19(4)5)25-13-9-21(16-26(25)30)20-7-11-24(12-8-20)34-28(31)18(2)3/h7-16H,2,4,6,17H2,1,3,5H3. The molecular weight excluding hydrogens is 447 g/mol. The Bertz CT molecular complexity index is 1270. The number of hydrogen-bond acceptors (Lipinski definition) is 5. The summed E-state index contributed by atoms with van der Waals surface area (Å²) in [6, 6.07) is 16.8. The Labute approximate surface area is 204 Å². The van der Waals surface area contributed by atoms with Crippen molar-refractivity contribution in [1.29, 1.82) is 0 Å². The summed E-state index contributed by atoms with van der Waals surface area (Å²) in [7, 11) is 0. The van der Waals surface area contributed by atoms with E-state index in [-0.39, 0.29) is 12.2 Å². The molecule has 3 rings (SSSR count). The number of carbonyl (C=O) groups excluding carboxylic acids is 2. The van der Waals surface area contributed by atoms with Crippen LogP contribution in [0, 0.1) is 5.82 Å². The van der Waals surface area contributed by atoms with Crippen LogP contribution in [0.5, 0.6) is 11.5 Å². The first kappa shape index (κ1) is 25.6. The molecule has 0 amide bonds. The fourth-order valence-electron chi connectivity index (χ4n) is 3.20. The second-order valence-electron chi connectivity index (χ2n) is 8.02. The molecule has 0 heterocycles. The number of esters is 2. The molecule has 0 fully saturated rings. The lowest BCUT2D eigenvalue weighted by Gasteiger charge is -2.13. The highest BCUT2D eigenvalue weighted by molar-refractivity contribution is 5.89. The first-order valence-corrected chi connectivity index (χ1v) is 11.1. The number of benzene rings is 3. The van der Waals surface area contributed by atoms with Crippen LogP contribution in [0.4, 0.5) is 4.39 Å². The molecule has 0 atom stereocenters. The maximum Gasteiger partial charge on any atom is 0.338 e. The third kappa shape index (κ3) is 6.52. The molecule has 0 aliphatic heterocycles. The van der Waals surface area contributed by atoms with Crippen molar-refractivity contribution >= 4 is 11.9 Å². The molecule has 3 aromatic carbocycles. The minimum atomic E-state index is -0.536. The van der Waals surface area contributed by atoms with Crippen LogP contribution in [-0.4, -0.2) is 18.5 Å². The Balaban J connectivity index is 1.87. The van der Waals surface area contributed by atoms with Crippen molar-refractivity contribution in [3.8, 4) is 33.8 Å². The van der Waals surface area contributed by atoms with E-state index >= 15 is 4.39 Å². The van der Waals surface area contributed by atoms with E-state index in [2.05, 4.69) is 13.2 Å². The lowest BCUT2D eigenvalue weighted by atomic mass is 9.98. The van der Waals surface area contributed by atoms with Crippen LogP contribution in [0.2, 0.25) is 0 Å². The molecule has 0 unspecified atom stereocenters. The van der Waals surface area contributed by atoms with Crippen molar-refractivity contribution in [2.45, 2.75) is 27.4 Å². The molecule has 0 radical (unpaired) electrons. The van der Waals surface area contributed by atoms with Gasteiger partial charge in [0.25, 0.3) is 0 Å². The molecule has 5 nitrogen and oxygen atoms in total. The van der Waals surface area contributed by atoms with Crippen molar-refractivity contribution in [2.75, 3.05) is 6.61 Å². The largest absolute Gasteiger partial charge is 0.423 e. The van der Waals surface area contributed by atoms with Gasteiger partial charge in [0, 0.05) is 28.9 Å². The average Bonchev–Trinajstić information content (AvgIpc) is 2.83. The Morgan fingerprint density at radius 3 is 2.00 bits per heavy atom. The van der Waals surface area contributed by atoms with Crippen LogP contribution in [-0.2, 0) is 20.9 Å². The Morgan fingerprint density at radius 1 is 0.800 bits per heavy atom. The molecule has 180 valence electrons. The zero-order chi connectivity index (χ0) is 25.5. The van der Waals surface area contributed by atoms with E-state index < -0.39 is 17.8 Å². The van der Waals surface area contributed by atoms with Crippen molar-refractivity contribution in [3.05, 3.63) is 96.3 Å². The highest BCUT2D eigenvalue weighted by Crippen LogP contribution is 2.32. The van der Waals surface area contributed by atoms with E-state index in [1.165, 1.54) is 6.07 Å². The van der Waals surface area contributed by atoms with Gasteiger partial charge in [0.05, 0.1) is 6.61 Å². The van der Waals surface area contributed by atoms with Crippen molar-refractivity contribution in [2.24, 2.45) is 0 Å². The Morgan fingerprint density at radius 2 is 1.40 bits per heavy atom. The van der Waals surface area contributed by atoms with E-state index in [0.717, 1.165) is 5.56 Å². The quantitative estimate of drug-likeness (QED) is 0.197. The van der Waals surface area contributed by atoms with Gasteiger partial charge < -0.3 is 14.2 Å². The van der Waals surface area contributed by atoms with Gasteiger partial charge in [-0.3, -0.25) is 0 Å². The first-order chi connectivity index (χ1) is 16.7. The highest BCUT2D eigenvalue weighted by Gasteiger charge is 2.14. The van der Waals surface area contributed by atoms with Crippen molar-refractivity contribution in [1.82, 2.24) is 0 Å². The maximum atomic E-state index is 15.2. The predicted octanol–water partition coefficient (Wildman–Crippen LogP) is 6.66. The Hall–Kier alpha value is -4.03. The number of hydrogen-bond donors (Lipinski definition) is 0. The Kier molecular flexibility index (Phi) is 8.34. The molecule has 0 bridgehead atoms. The summed E-state index contributed by atoms with van der Waals surface area (Å²) in [6.45, 7) is 12.8. The lowest BCUT2D eigenvalue weighted by Crippen LogP contribution is -2.10. The minimum absolute atomic E-state index is 0.213. The summed E-state index contributed by atoms with van der Waals surface area (Å²) in [5.74, 6) is -0.717. The van der Waals surface area contributed by atoms with Gasteiger partial charge in [-0.05, 0) is 67.8 Å². The molecule has 0 saturated carbocycles. The summed E-state index contributed by atoms with van der Waals surface area (Å²) < 4.78 is 31.3. The summed E-state index contributed by atoms with van der Waals surface area (Å²) in [5, 5.41) is 0. The van der Waals surface area contributed by atoms with E-state index in [9.17, 15) is 9.59 Å². The summed E-state index contributed by atoms with van der Waals surface area (Å²) in [5.41, 5.74) is 3.67. The van der Waals surface area contributed by atoms with Crippen LogP contribution in [0.15, 0.2) is 85.0 Å². The van der Waals surface area contributed by atoms with E-state index in [1.807, 2.05) is 13.0 Å². The van der Waals surface area contributed by atoms with Crippen molar-refractivity contribution in [3.63, 3.8) is 0 Å². The molecule has 6 heteroatoms. The van der Waals surface area contributed by atoms with Crippen LogP contribution in [0.25, 0.3) is 22.3 Å². The zero-order valence-electron chi connectivity index (χ0n) is 20.0. The molecule has 35 heavy (non-hydrogen) atoms.